The van der Waals surface area contributed by atoms with Crippen molar-refractivity contribution in [1.29, 1.82) is 0 Å². The third kappa shape index (κ3) is 2.17. The summed E-state index contributed by atoms with van der Waals surface area (Å²) in [6.07, 6.45) is 0. The number of carbonyl (C=O) groups excluding carboxylic acids is 1. The predicted octanol–water partition coefficient (Wildman–Crippen LogP) is -0.608. The molecule has 1 aliphatic rings. The number of carboxylic acid groups (broad SMARTS) is 1. The van der Waals surface area contributed by atoms with Gasteiger partial charge in [0.25, 0.3) is 0 Å². The fourth-order valence-corrected chi connectivity index (χ4v) is 2.94. The van der Waals surface area contributed by atoms with E-state index >= 15 is 0 Å². The second-order valence-electron chi connectivity index (χ2n) is 3.54. The largest absolute Gasteiger partial charge is 0.544 e. The van der Waals surface area contributed by atoms with Gasteiger partial charge in [0.15, 0.2) is 5.37 Å². The molecule has 0 aliphatic carbocycles. The second-order valence-corrected chi connectivity index (χ2v) is 4.71. The fourth-order valence-electron chi connectivity index (χ4n) is 1.60. The highest BCUT2D eigenvalue weighted by Crippen LogP contribution is 2.28. The Kier molecular flexibility index (Phi) is 3.11. The molecule has 1 fully saturated rings. The van der Waals surface area contributed by atoms with Crippen LogP contribution in [0.3, 0.4) is 0 Å². The van der Waals surface area contributed by atoms with Crippen molar-refractivity contribution < 1.29 is 24.0 Å². The van der Waals surface area contributed by atoms with Gasteiger partial charge < -0.3 is 15.2 Å². The number of hydrogen-bond donors (Lipinski definition) is 1. The molecule has 0 bridgehead atoms. The Balaban J connectivity index is 2.17. The number of halogens is 2. The van der Waals surface area contributed by atoms with Crippen LogP contribution < -0.4 is 10.4 Å². The molecule has 2 N–H and O–H groups in total. The maximum atomic E-state index is 13.4. The van der Waals surface area contributed by atoms with Crippen molar-refractivity contribution in [3.63, 3.8) is 0 Å². The zero-order valence-corrected chi connectivity index (χ0v) is 8.97. The van der Waals surface area contributed by atoms with E-state index in [2.05, 4.69) is 0 Å². The SMILES string of the molecule is O=C([O-])[C@H]1CS[C@@H](c2ccc(F)cc2F)[NH2+]1. The molecule has 86 valence electrons. The summed E-state index contributed by atoms with van der Waals surface area (Å²) >= 11 is 1.31. The van der Waals surface area contributed by atoms with Crippen LogP contribution in [0.15, 0.2) is 18.2 Å². The molecular weight excluding hydrogens is 236 g/mol. The van der Waals surface area contributed by atoms with E-state index in [9.17, 15) is 18.7 Å². The maximum Gasteiger partial charge on any atom is 0.162 e. The molecule has 0 spiro atoms. The van der Waals surface area contributed by atoms with Gasteiger partial charge in [-0.1, -0.05) is 11.8 Å². The molecule has 16 heavy (non-hydrogen) atoms. The smallest absolute Gasteiger partial charge is 0.162 e. The van der Waals surface area contributed by atoms with Crippen LogP contribution in [0.1, 0.15) is 10.9 Å². The number of thioether (sulfide) groups is 1. The number of benzene rings is 1. The summed E-state index contributed by atoms with van der Waals surface area (Å²) in [6, 6.07) is 2.64. The lowest BCUT2D eigenvalue weighted by Gasteiger charge is -2.11. The maximum absolute atomic E-state index is 13.4. The summed E-state index contributed by atoms with van der Waals surface area (Å²) in [4.78, 5) is 10.6. The molecule has 1 aromatic carbocycles. The average Bonchev–Trinajstić information content (AvgIpc) is 2.66. The van der Waals surface area contributed by atoms with Gasteiger partial charge in [0.1, 0.15) is 23.6 Å². The molecule has 0 amide bonds. The molecule has 3 nitrogen and oxygen atoms in total. The molecule has 0 aromatic heterocycles. The van der Waals surface area contributed by atoms with Gasteiger partial charge in [0, 0.05) is 6.07 Å². The lowest BCUT2D eigenvalue weighted by atomic mass is 10.2. The van der Waals surface area contributed by atoms with Crippen molar-refractivity contribution in [2.75, 3.05) is 5.75 Å². The van der Waals surface area contributed by atoms with E-state index in [1.807, 2.05) is 0 Å². The first-order valence-corrected chi connectivity index (χ1v) is 5.75. The zero-order chi connectivity index (χ0) is 11.7. The number of nitrogens with two attached hydrogens (primary N) is 1. The third-order valence-electron chi connectivity index (χ3n) is 2.43. The van der Waals surface area contributed by atoms with Crippen molar-refractivity contribution >= 4 is 17.7 Å². The van der Waals surface area contributed by atoms with Gasteiger partial charge in [0.05, 0.1) is 11.3 Å². The van der Waals surface area contributed by atoms with Gasteiger partial charge in [-0.3, -0.25) is 0 Å². The molecule has 2 atom stereocenters. The molecule has 6 heteroatoms. The Morgan fingerprint density at radius 3 is 2.81 bits per heavy atom. The van der Waals surface area contributed by atoms with E-state index in [1.165, 1.54) is 29.2 Å². The third-order valence-corrected chi connectivity index (χ3v) is 3.76. The zero-order valence-electron chi connectivity index (χ0n) is 8.15. The summed E-state index contributed by atoms with van der Waals surface area (Å²) in [7, 11) is 0. The molecule has 1 aliphatic heterocycles. The minimum atomic E-state index is -1.16. The van der Waals surface area contributed by atoms with Gasteiger partial charge in [-0.2, -0.15) is 0 Å². The van der Waals surface area contributed by atoms with E-state index in [-0.39, 0.29) is 5.37 Å². The van der Waals surface area contributed by atoms with Gasteiger partial charge in [-0.15, -0.1) is 0 Å². The molecule has 0 radical (unpaired) electrons. The van der Waals surface area contributed by atoms with Crippen LogP contribution in [0.5, 0.6) is 0 Å². The van der Waals surface area contributed by atoms with E-state index in [0.717, 1.165) is 6.07 Å². The van der Waals surface area contributed by atoms with Crippen LogP contribution in [0.25, 0.3) is 0 Å². The lowest BCUT2D eigenvalue weighted by molar-refractivity contribution is -0.690. The number of carbonyl (C=O) groups is 1. The molecule has 0 unspecified atom stereocenters. The molecule has 2 rings (SSSR count). The highest BCUT2D eigenvalue weighted by Gasteiger charge is 2.32. The van der Waals surface area contributed by atoms with Crippen LogP contribution in [0, 0.1) is 11.6 Å². The Bertz CT molecular complexity index is 427. The summed E-state index contributed by atoms with van der Waals surface area (Å²) in [5.74, 6) is -2.07. The number of aliphatic carboxylic acids is 1. The Hall–Kier alpha value is -1.14. The Labute approximate surface area is 94.8 Å². The van der Waals surface area contributed by atoms with Crippen LogP contribution in [0.2, 0.25) is 0 Å². The predicted molar refractivity (Wildman–Crippen MR) is 52.3 cm³/mol. The van der Waals surface area contributed by atoms with Crippen LogP contribution in [-0.2, 0) is 4.79 Å². The molecule has 0 saturated carbocycles. The summed E-state index contributed by atoms with van der Waals surface area (Å²) in [5.41, 5.74) is 0.315. The number of rotatable bonds is 2. The van der Waals surface area contributed by atoms with Crippen molar-refractivity contribution in [3.05, 3.63) is 35.4 Å². The Morgan fingerprint density at radius 1 is 1.50 bits per heavy atom. The summed E-state index contributed by atoms with van der Waals surface area (Å²) < 4.78 is 26.1. The Morgan fingerprint density at radius 2 is 2.25 bits per heavy atom. The van der Waals surface area contributed by atoms with Gasteiger partial charge in [-0.05, 0) is 12.1 Å². The van der Waals surface area contributed by atoms with E-state index in [4.69, 9.17) is 0 Å². The molecular formula is C10H9F2NO2S. The van der Waals surface area contributed by atoms with Crippen molar-refractivity contribution in [2.45, 2.75) is 11.4 Å². The highest BCUT2D eigenvalue weighted by atomic mass is 32.2. The normalized spacial score (nSPS) is 24.6. The summed E-state index contributed by atoms with van der Waals surface area (Å²) in [5, 5.41) is 11.8. The van der Waals surface area contributed by atoms with Gasteiger partial charge in [-0.25, -0.2) is 8.78 Å². The van der Waals surface area contributed by atoms with Crippen molar-refractivity contribution in [2.24, 2.45) is 0 Å². The minimum Gasteiger partial charge on any atom is -0.544 e. The van der Waals surface area contributed by atoms with Crippen molar-refractivity contribution in [3.8, 4) is 0 Å². The monoisotopic (exact) mass is 245 g/mol. The minimum absolute atomic E-state index is 0.315. The van der Waals surface area contributed by atoms with Crippen molar-refractivity contribution in [1.82, 2.24) is 0 Å². The van der Waals surface area contributed by atoms with E-state index < -0.39 is 23.6 Å². The van der Waals surface area contributed by atoms with Crippen LogP contribution in [0.4, 0.5) is 8.78 Å². The topological polar surface area (TPSA) is 56.7 Å². The first-order valence-electron chi connectivity index (χ1n) is 4.70. The average molecular weight is 245 g/mol. The molecule has 1 heterocycles. The van der Waals surface area contributed by atoms with E-state index in [1.54, 1.807) is 0 Å². The first-order chi connectivity index (χ1) is 7.58. The van der Waals surface area contributed by atoms with Crippen LogP contribution >= 0.6 is 11.8 Å². The second kappa shape index (κ2) is 4.39. The first kappa shape index (κ1) is 11.3. The summed E-state index contributed by atoms with van der Waals surface area (Å²) in [6.45, 7) is 0. The van der Waals surface area contributed by atoms with Gasteiger partial charge in [0.2, 0.25) is 0 Å². The lowest BCUT2D eigenvalue weighted by Crippen LogP contribution is -2.90. The van der Waals surface area contributed by atoms with Gasteiger partial charge >= 0.3 is 0 Å². The van der Waals surface area contributed by atoms with Crippen LogP contribution in [-0.4, -0.2) is 17.8 Å². The highest BCUT2D eigenvalue weighted by molar-refractivity contribution is 7.99. The number of hydrogen-bond acceptors (Lipinski definition) is 3. The van der Waals surface area contributed by atoms with E-state index in [0.29, 0.717) is 11.3 Å². The number of carboxylic acids is 1. The quantitative estimate of drug-likeness (QED) is 0.756. The fraction of sp³-hybridized carbons (Fsp3) is 0.300. The number of quaternary nitrogens is 1. The molecule has 1 aromatic rings. The standard InChI is InChI=1S/C10H9F2NO2S/c11-5-1-2-6(7(12)3-5)9-13-8(4-16-9)10(14)15/h1-3,8-9,13H,4H2,(H,14,15)/t8-,9+/m1/s1. The molecule has 1 saturated heterocycles.